The number of nitrogens with one attached hydrogen (secondary N) is 1. The Hall–Kier alpha value is -3.28. The third kappa shape index (κ3) is 3.98. The second-order valence-corrected chi connectivity index (χ2v) is 5.32. The topological polar surface area (TPSA) is 58.1 Å². The van der Waals surface area contributed by atoms with Crippen molar-refractivity contribution < 1.29 is 9.18 Å². The number of para-hydroxylation sites is 1. The fourth-order valence-corrected chi connectivity index (χ4v) is 2.39. The summed E-state index contributed by atoms with van der Waals surface area (Å²) in [5.74, 6) is -0.290. The highest BCUT2D eigenvalue weighted by molar-refractivity contribution is 6.03. The van der Waals surface area contributed by atoms with Crippen molar-refractivity contribution in [3.05, 3.63) is 78.4 Å². The molecule has 0 saturated heterocycles. The number of rotatable bonds is 5. The van der Waals surface area contributed by atoms with Crippen LogP contribution in [-0.4, -0.2) is 22.4 Å². The highest BCUT2D eigenvalue weighted by Gasteiger charge is 2.12. The van der Waals surface area contributed by atoms with Gasteiger partial charge < -0.3 is 10.2 Å². The Bertz CT molecular complexity index is 853. The Morgan fingerprint density at radius 1 is 1.08 bits per heavy atom. The van der Waals surface area contributed by atoms with Crippen LogP contribution in [0.15, 0.2) is 67.0 Å². The van der Waals surface area contributed by atoms with E-state index in [1.54, 1.807) is 6.07 Å². The maximum atomic E-state index is 13.2. The third-order valence-electron chi connectivity index (χ3n) is 3.61. The van der Waals surface area contributed by atoms with Crippen molar-refractivity contribution >= 4 is 23.2 Å². The van der Waals surface area contributed by atoms with Gasteiger partial charge in [-0.3, -0.25) is 4.79 Å². The van der Waals surface area contributed by atoms with Gasteiger partial charge in [0.25, 0.3) is 5.91 Å². The Balaban J connectivity index is 1.76. The van der Waals surface area contributed by atoms with Gasteiger partial charge in [0.1, 0.15) is 5.82 Å². The number of hydrogen-bond acceptors (Lipinski definition) is 4. The molecule has 0 saturated carbocycles. The molecule has 1 aromatic heterocycles. The monoisotopic (exact) mass is 336 g/mol. The normalized spacial score (nSPS) is 10.3. The van der Waals surface area contributed by atoms with Gasteiger partial charge in [0.05, 0.1) is 5.56 Å². The average Bonchev–Trinajstić information content (AvgIpc) is 2.64. The molecular formula is C19H17FN4O. The number of aromatic nitrogens is 2. The van der Waals surface area contributed by atoms with Crippen LogP contribution in [0.3, 0.4) is 0 Å². The number of carbonyl (C=O) groups is 1. The summed E-state index contributed by atoms with van der Waals surface area (Å²) in [6, 6.07) is 15.5. The zero-order chi connectivity index (χ0) is 17.6. The molecule has 0 aliphatic carbocycles. The number of carbonyl (C=O) groups excluding carboxylic acids is 1. The SMILES string of the molecule is CCN(c1ccccc1)c1ncc(C(=O)Nc2cccc(F)c2)cn1. The van der Waals surface area contributed by atoms with Crippen molar-refractivity contribution in [2.75, 3.05) is 16.8 Å². The summed E-state index contributed by atoms with van der Waals surface area (Å²) in [7, 11) is 0. The quantitative estimate of drug-likeness (QED) is 0.764. The van der Waals surface area contributed by atoms with Crippen LogP contribution < -0.4 is 10.2 Å². The maximum absolute atomic E-state index is 13.2. The van der Waals surface area contributed by atoms with Gasteiger partial charge in [0.2, 0.25) is 5.95 Å². The lowest BCUT2D eigenvalue weighted by atomic mass is 10.2. The minimum Gasteiger partial charge on any atom is -0.322 e. The Morgan fingerprint density at radius 3 is 2.44 bits per heavy atom. The van der Waals surface area contributed by atoms with E-state index in [1.165, 1.54) is 30.6 Å². The van der Waals surface area contributed by atoms with Gasteiger partial charge in [-0.15, -0.1) is 0 Å². The van der Waals surface area contributed by atoms with E-state index in [0.29, 0.717) is 23.7 Å². The highest BCUT2D eigenvalue weighted by atomic mass is 19.1. The Morgan fingerprint density at radius 2 is 1.80 bits per heavy atom. The molecule has 1 N–H and O–H groups in total. The molecule has 3 rings (SSSR count). The van der Waals surface area contributed by atoms with E-state index in [2.05, 4.69) is 15.3 Å². The summed E-state index contributed by atoms with van der Waals surface area (Å²) in [6.45, 7) is 2.69. The minimum atomic E-state index is -0.411. The molecule has 0 aliphatic rings. The van der Waals surface area contributed by atoms with Crippen molar-refractivity contribution in [2.45, 2.75) is 6.92 Å². The Kier molecular flexibility index (Phi) is 4.99. The molecule has 5 nitrogen and oxygen atoms in total. The van der Waals surface area contributed by atoms with Crippen LogP contribution >= 0.6 is 0 Å². The molecule has 0 unspecified atom stereocenters. The molecule has 0 fully saturated rings. The summed E-state index contributed by atoms with van der Waals surface area (Å²) in [4.78, 5) is 22.7. The van der Waals surface area contributed by atoms with Gasteiger partial charge in [-0.2, -0.15) is 0 Å². The zero-order valence-corrected chi connectivity index (χ0v) is 13.7. The van der Waals surface area contributed by atoms with Crippen LogP contribution in [0.2, 0.25) is 0 Å². The molecule has 0 radical (unpaired) electrons. The second-order valence-electron chi connectivity index (χ2n) is 5.32. The van der Waals surface area contributed by atoms with Crippen LogP contribution in [0.1, 0.15) is 17.3 Å². The van der Waals surface area contributed by atoms with Crippen LogP contribution in [0, 0.1) is 5.82 Å². The lowest BCUT2D eigenvalue weighted by Gasteiger charge is -2.20. The van der Waals surface area contributed by atoms with E-state index in [-0.39, 0.29) is 5.91 Å². The van der Waals surface area contributed by atoms with Crippen LogP contribution in [-0.2, 0) is 0 Å². The first-order valence-corrected chi connectivity index (χ1v) is 7.89. The number of nitrogens with zero attached hydrogens (tertiary/aromatic N) is 3. The molecule has 0 bridgehead atoms. The highest BCUT2D eigenvalue weighted by Crippen LogP contribution is 2.21. The molecule has 1 heterocycles. The van der Waals surface area contributed by atoms with Gasteiger partial charge in [-0.05, 0) is 37.3 Å². The number of hydrogen-bond donors (Lipinski definition) is 1. The van der Waals surface area contributed by atoms with Crippen molar-refractivity contribution in [1.82, 2.24) is 9.97 Å². The molecule has 25 heavy (non-hydrogen) atoms. The van der Waals surface area contributed by atoms with Crippen molar-refractivity contribution in [3.63, 3.8) is 0 Å². The van der Waals surface area contributed by atoms with Crippen molar-refractivity contribution in [1.29, 1.82) is 0 Å². The molecule has 3 aromatic rings. The molecule has 6 heteroatoms. The van der Waals surface area contributed by atoms with Gasteiger partial charge in [-0.25, -0.2) is 14.4 Å². The van der Waals surface area contributed by atoms with Gasteiger partial charge in [0.15, 0.2) is 0 Å². The molecule has 0 aliphatic heterocycles. The first kappa shape index (κ1) is 16.6. The van der Waals surface area contributed by atoms with Crippen molar-refractivity contribution in [3.8, 4) is 0 Å². The zero-order valence-electron chi connectivity index (χ0n) is 13.7. The number of halogens is 1. The number of benzene rings is 2. The summed E-state index contributed by atoms with van der Waals surface area (Å²) in [5.41, 5.74) is 1.66. The lowest BCUT2D eigenvalue weighted by molar-refractivity contribution is 0.102. The summed E-state index contributed by atoms with van der Waals surface area (Å²) in [5, 5.41) is 2.62. The average molecular weight is 336 g/mol. The first-order valence-electron chi connectivity index (χ1n) is 7.89. The number of anilines is 3. The third-order valence-corrected chi connectivity index (χ3v) is 3.61. The largest absolute Gasteiger partial charge is 0.322 e. The van der Waals surface area contributed by atoms with E-state index in [4.69, 9.17) is 0 Å². The van der Waals surface area contributed by atoms with Gasteiger partial charge in [0, 0.05) is 30.3 Å². The van der Waals surface area contributed by atoms with E-state index in [0.717, 1.165) is 5.69 Å². The van der Waals surface area contributed by atoms with Gasteiger partial charge >= 0.3 is 0 Å². The predicted molar refractivity (Wildman–Crippen MR) is 95.5 cm³/mol. The van der Waals surface area contributed by atoms with E-state index >= 15 is 0 Å². The maximum Gasteiger partial charge on any atom is 0.258 e. The fourth-order valence-electron chi connectivity index (χ4n) is 2.39. The van der Waals surface area contributed by atoms with E-state index < -0.39 is 5.82 Å². The summed E-state index contributed by atoms with van der Waals surface area (Å²) in [6.07, 6.45) is 2.92. The molecule has 0 spiro atoms. The minimum absolute atomic E-state index is 0.303. The van der Waals surface area contributed by atoms with Crippen LogP contribution in [0.4, 0.5) is 21.7 Å². The predicted octanol–water partition coefficient (Wildman–Crippen LogP) is 4.03. The smallest absolute Gasteiger partial charge is 0.258 e. The molecule has 2 aromatic carbocycles. The second kappa shape index (κ2) is 7.53. The van der Waals surface area contributed by atoms with Crippen molar-refractivity contribution in [2.24, 2.45) is 0 Å². The molecule has 0 atom stereocenters. The first-order chi connectivity index (χ1) is 12.2. The number of amides is 1. The lowest BCUT2D eigenvalue weighted by Crippen LogP contribution is -2.20. The van der Waals surface area contributed by atoms with E-state index in [9.17, 15) is 9.18 Å². The summed E-state index contributed by atoms with van der Waals surface area (Å²) >= 11 is 0. The fraction of sp³-hybridized carbons (Fsp3) is 0.105. The molecule has 126 valence electrons. The van der Waals surface area contributed by atoms with Crippen LogP contribution in [0.25, 0.3) is 0 Å². The molecule has 1 amide bonds. The standard InChI is InChI=1S/C19H17FN4O/c1-2-24(17-9-4-3-5-10-17)19-21-12-14(13-22-19)18(25)23-16-8-6-7-15(20)11-16/h3-13H,2H2,1H3,(H,23,25). The molecular weight excluding hydrogens is 319 g/mol. The van der Waals surface area contributed by atoms with Crippen LogP contribution in [0.5, 0.6) is 0 Å². The van der Waals surface area contributed by atoms with Gasteiger partial charge in [-0.1, -0.05) is 24.3 Å². The van der Waals surface area contributed by atoms with E-state index in [1.807, 2.05) is 42.2 Å². The summed E-state index contributed by atoms with van der Waals surface area (Å²) < 4.78 is 13.2. The Labute approximate surface area is 145 Å².